The van der Waals surface area contributed by atoms with Crippen molar-refractivity contribution in [1.29, 1.82) is 0 Å². The summed E-state index contributed by atoms with van der Waals surface area (Å²) < 4.78 is 20.0. The number of aryl methyl sites for hydroxylation is 7. The van der Waals surface area contributed by atoms with Crippen LogP contribution in [0.2, 0.25) is 5.28 Å². The first-order chi connectivity index (χ1) is 56.4. The van der Waals surface area contributed by atoms with Crippen LogP contribution in [0.1, 0.15) is 183 Å². The lowest BCUT2D eigenvalue weighted by atomic mass is 10.2. The number of hydrogen-bond donors (Lipinski definition) is 6. The van der Waals surface area contributed by atoms with E-state index in [-0.39, 0.29) is 143 Å². The van der Waals surface area contributed by atoms with Crippen LogP contribution in [0.15, 0.2) is 12.3 Å². The zero-order chi connectivity index (χ0) is 86.0. The first-order valence-corrected chi connectivity index (χ1v) is 39.3. The summed E-state index contributed by atoms with van der Waals surface area (Å²) in [5, 5.41) is 21.5. The molecule has 0 aromatic carbocycles. The molecule has 7 aromatic heterocycles. The smallest absolute Gasteiger partial charge is 0.321 e. The number of primary amides is 2. The molecule has 45 heteroatoms. The zero-order valence-corrected chi connectivity index (χ0v) is 71.0. The van der Waals surface area contributed by atoms with Crippen molar-refractivity contribution in [3.05, 3.63) is 69.7 Å². The van der Waals surface area contributed by atoms with Crippen molar-refractivity contribution in [3.8, 4) is 24.0 Å². The first kappa shape index (κ1) is 111. The van der Waals surface area contributed by atoms with Crippen molar-refractivity contribution in [2.75, 3.05) is 167 Å². The number of likely N-dealkylation sites (N-methyl/N-ethyl adjacent to an activating group) is 1. The summed E-state index contributed by atoms with van der Waals surface area (Å²) in [6.45, 7) is 29.5. The van der Waals surface area contributed by atoms with E-state index in [1.54, 1.807) is 46.6 Å². The third kappa shape index (κ3) is 30.8. The molecule has 7 aromatic rings. The van der Waals surface area contributed by atoms with Crippen molar-refractivity contribution >= 4 is 82.9 Å². The summed E-state index contributed by atoms with van der Waals surface area (Å²) in [6.07, 6.45) is 13.0. The molecule has 14 heterocycles. The van der Waals surface area contributed by atoms with Gasteiger partial charge in [0.15, 0.2) is 0 Å². The van der Waals surface area contributed by atoms with Crippen LogP contribution in [0.5, 0.6) is 24.0 Å². The highest BCUT2D eigenvalue weighted by molar-refractivity contribution is 6.28. The monoisotopic (exact) mass is 1770 g/mol. The first-order valence-electron chi connectivity index (χ1n) is 38.9. The van der Waals surface area contributed by atoms with Gasteiger partial charge in [-0.1, -0.05) is 58.6 Å². The Bertz CT molecular complexity index is 4520. The Hall–Kier alpha value is -11.9. The highest BCUT2D eigenvalue weighted by atomic mass is 35.5. The van der Waals surface area contributed by atoms with Crippen LogP contribution < -0.4 is 85.6 Å². The lowest BCUT2D eigenvalue weighted by Crippen LogP contribution is -2.42. The molecule has 0 bridgehead atoms. The molecule has 7 aliphatic rings. The minimum atomic E-state index is -0.348. The van der Waals surface area contributed by atoms with E-state index in [1.165, 1.54) is 28.4 Å². The largest absolute Gasteiger partial charge is 0.467 e. The molecule has 0 spiro atoms. The van der Waals surface area contributed by atoms with E-state index in [0.717, 1.165) is 136 Å². The van der Waals surface area contributed by atoms with Gasteiger partial charge in [0.2, 0.25) is 76.5 Å². The molecule has 125 heavy (non-hydrogen) atoms. The molecule has 14 rings (SSSR count). The summed E-state index contributed by atoms with van der Waals surface area (Å²) in [5.41, 5.74) is 17.2. The van der Waals surface area contributed by atoms with Gasteiger partial charge in [-0.15, -0.1) is 0 Å². The molecule has 3 amide bonds. The standard InChI is InChI=1S/C11H18N6O.C11H17N5O2.C11H19N5O.C10H14ClN5.C10H15N5O2.C10H13N5O.C10H16N4O2.7CH4/c1-7-13-10(16(2)3)15-11(14-7)17-6-4-5-8(17)9(12)18;1-7-13-10(15-11(14-7)18-3)16-6-4-5-8(16)9(17)12-2;1-8-12-10(15(2)3)14-11(13-8)16-6-4-5-9(16)7-17;1-6(12)8-4-3-5-16(8)10-14-7(2)13-9(11)15-10;1-6-12-9(14-10(13-6)17-2)15-5-3-4-7(15)8(11)16;1-7-12-9(14-10(13-7)16-3)15-6-4-5-8(15)11-2;1-7-11-9(13-10(12-7)16-2)14-5-3-4-8(14)6-15;;;;;;;/h8H,4-6H2,1-3H3,(H2,12,18);8H,4-6H2,1-3H3,(H,12,17);9,17H,4-7H2,1-3H3;8H,1,3-5,12H2,2H3;7H,3-5H2,1-2H3,(H2,11,16);8H,4-6H2,1,3H3;8,15H,3-6H2,1-2H3;7*1H4/t2*8-;9-;8-;7-;2*8-;;;;;;;/m0000000......./s1. The number of amides is 3. The minimum absolute atomic E-state index is 0. The summed E-state index contributed by atoms with van der Waals surface area (Å²) in [4.78, 5) is 143. The molecule has 7 aliphatic heterocycles. The predicted octanol–water partition coefficient (Wildman–Crippen LogP) is 6.36. The molecule has 696 valence electrons. The van der Waals surface area contributed by atoms with E-state index in [1.807, 2.05) is 76.3 Å². The van der Waals surface area contributed by atoms with Gasteiger partial charge in [-0.3, -0.25) is 24.1 Å². The van der Waals surface area contributed by atoms with Crippen molar-refractivity contribution in [3.63, 3.8) is 0 Å². The maximum absolute atomic E-state index is 11.8. The zero-order valence-electron chi connectivity index (χ0n) is 70.2. The normalized spacial score (nSPS) is 18.4. The molecule has 7 fully saturated rings. The number of carbonyl (C=O) groups excluding carboxylic acids is 3. The Balaban J connectivity index is 0.000000723. The van der Waals surface area contributed by atoms with Gasteiger partial charge in [0.05, 0.1) is 59.8 Å². The summed E-state index contributed by atoms with van der Waals surface area (Å²) in [5.74, 6) is 8.82. The Morgan fingerprint density at radius 2 is 0.664 bits per heavy atom. The third-order valence-corrected chi connectivity index (χ3v) is 19.7. The van der Waals surface area contributed by atoms with Gasteiger partial charge in [0.1, 0.15) is 58.9 Å². The lowest BCUT2D eigenvalue weighted by molar-refractivity contribution is -0.122. The lowest BCUT2D eigenvalue weighted by Gasteiger charge is -2.24. The number of anilines is 9. The van der Waals surface area contributed by atoms with Crippen molar-refractivity contribution < 1.29 is 43.5 Å². The van der Waals surface area contributed by atoms with Gasteiger partial charge in [0.25, 0.3) is 0 Å². The van der Waals surface area contributed by atoms with Crippen LogP contribution >= 0.6 is 11.6 Å². The number of nitrogens with zero attached hydrogens (tertiary/aromatic N) is 31. The van der Waals surface area contributed by atoms with Crippen LogP contribution in [0.4, 0.5) is 53.5 Å². The van der Waals surface area contributed by atoms with Crippen molar-refractivity contribution in [1.82, 2.24) is 110 Å². The Labute approximate surface area is 743 Å². The second-order valence-corrected chi connectivity index (χ2v) is 28.9. The van der Waals surface area contributed by atoms with Gasteiger partial charge < -0.3 is 90.9 Å². The molecule has 0 aliphatic carbocycles. The second kappa shape index (κ2) is 53.3. The van der Waals surface area contributed by atoms with Crippen LogP contribution in [0.3, 0.4) is 0 Å². The topological polar surface area (TPSA) is 523 Å². The molecular weight excluding hydrogens is 1630 g/mol. The van der Waals surface area contributed by atoms with Crippen molar-refractivity contribution in [2.45, 2.75) is 233 Å². The second-order valence-electron chi connectivity index (χ2n) is 28.6. The third-order valence-electron chi connectivity index (χ3n) is 19.5. The number of carbonyl (C=O) groups is 3. The summed E-state index contributed by atoms with van der Waals surface area (Å²) in [7, 11) is 15.3. The Kier molecular flexibility index (Phi) is 47.4. The van der Waals surface area contributed by atoms with Gasteiger partial charge >= 0.3 is 30.2 Å². The number of methoxy groups -OCH3 is 4. The van der Waals surface area contributed by atoms with Crippen LogP contribution in [-0.4, -0.2) is 298 Å². The molecule has 9 N–H and O–H groups in total. The van der Waals surface area contributed by atoms with E-state index in [9.17, 15) is 24.6 Å². The molecule has 0 radical (unpaired) electrons. The Morgan fingerprint density at radius 1 is 0.400 bits per heavy atom. The molecule has 0 unspecified atom stereocenters. The molecule has 7 atom stereocenters. The van der Waals surface area contributed by atoms with Gasteiger partial charge in [-0.05, 0) is 144 Å². The van der Waals surface area contributed by atoms with Crippen LogP contribution in [0, 0.1) is 55.0 Å². The SMILES string of the molecule is C.C.C.C.C.C.C.C=C(N)[C@@H]1CCCN1c1nc(C)nc(Cl)n1.CNC(=O)[C@@H]1CCCN1c1nc(C)nc(OC)n1.COc1nc(C)nc(N2CCC[C@H]2C(N)=O)n1.COc1nc(C)nc(N2CCC[C@H]2CO)n1.Cc1nc(N(C)C)nc(N2CCC[C@H]2C(N)=O)n1.Cc1nc(N(C)C)nc(N2CCC[C@H]2CO)n1.[C-]#[N+][C@@H]1CCCN1c1nc(C)nc(OC)n1. The van der Waals surface area contributed by atoms with Gasteiger partial charge in [-0.25, -0.2) is 11.6 Å². The number of aliphatic hydroxyl groups is 2. The number of aliphatic hydroxyl groups excluding tert-OH is 2. The number of hydrogen-bond acceptors (Lipinski definition) is 40. The summed E-state index contributed by atoms with van der Waals surface area (Å²) in [6, 6.07) is 0.688. The number of rotatable bonds is 19. The van der Waals surface area contributed by atoms with Crippen molar-refractivity contribution in [2.24, 2.45) is 17.2 Å². The minimum Gasteiger partial charge on any atom is -0.467 e. The number of nitrogens with one attached hydrogen (secondary N) is 1. The Morgan fingerprint density at radius 3 is 0.984 bits per heavy atom. The number of ether oxygens (including phenoxy) is 4. The fourth-order valence-corrected chi connectivity index (χ4v) is 14.1. The number of nitrogens with two attached hydrogens (primary N) is 3. The molecule has 7 saturated heterocycles. The fourth-order valence-electron chi connectivity index (χ4n) is 13.9. The average molecular weight is 1770 g/mol. The van der Waals surface area contributed by atoms with Crippen LogP contribution in [-0.2, 0) is 14.4 Å². The highest BCUT2D eigenvalue weighted by Crippen LogP contribution is 2.31. The average Bonchev–Trinajstić information content (AvgIpc) is 1.80. The highest BCUT2D eigenvalue weighted by Gasteiger charge is 2.37. The van der Waals surface area contributed by atoms with E-state index in [4.69, 9.17) is 54.3 Å². The van der Waals surface area contributed by atoms with E-state index in [0.29, 0.717) is 112 Å². The van der Waals surface area contributed by atoms with Crippen LogP contribution in [0.25, 0.3) is 4.85 Å². The quantitative estimate of drug-likeness (QED) is 0.0479. The predicted molar refractivity (Wildman–Crippen MR) is 488 cm³/mol. The number of halogens is 1. The number of aromatic nitrogens is 21. The van der Waals surface area contributed by atoms with E-state index >= 15 is 0 Å². The molecule has 44 nitrogen and oxygen atoms in total. The maximum atomic E-state index is 11.8. The fraction of sp³-hybridized carbons (Fsp3) is 0.662. The van der Waals surface area contributed by atoms with E-state index in [2.05, 4.69) is 126 Å². The molecular formula is C80H140ClN35O9. The van der Waals surface area contributed by atoms with E-state index < -0.39 is 0 Å². The maximum Gasteiger partial charge on any atom is 0.321 e. The molecule has 0 saturated carbocycles. The van der Waals surface area contributed by atoms with Gasteiger partial charge in [0, 0.05) is 93.2 Å². The summed E-state index contributed by atoms with van der Waals surface area (Å²) >= 11 is 5.81. The van der Waals surface area contributed by atoms with Gasteiger partial charge in [-0.2, -0.15) is 99.7 Å².